The van der Waals surface area contributed by atoms with Crippen molar-refractivity contribution in [1.29, 1.82) is 0 Å². The Morgan fingerprint density at radius 2 is 1.40 bits per heavy atom. The van der Waals surface area contributed by atoms with Crippen LogP contribution in [-0.4, -0.2) is 34.9 Å². The molecule has 0 nitrogen and oxygen atoms in total. The van der Waals surface area contributed by atoms with E-state index in [1.54, 1.807) is 0 Å². The Labute approximate surface area is 93.6 Å². The van der Waals surface area contributed by atoms with Crippen molar-refractivity contribution in [3.05, 3.63) is 37.8 Å². The first-order valence-corrected chi connectivity index (χ1v) is 2.97. The van der Waals surface area contributed by atoms with E-state index in [9.17, 15) is 0 Å². The van der Waals surface area contributed by atoms with Crippen molar-refractivity contribution in [2.45, 2.75) is 0 Å². The van der Waals surface area contributed by atoms with Gasteiger partial charge in [-0.25, -0.2) is 0 Å². The molecule has 0 atom stereocenters. The Hall–Kier alpha value is 0.856. The van der Waals surface area contributed by atoms with Gasteiger partial charge in [0.1, 0.15) is 0 Å². The first-order valence-electron chi connectivity index (χ1n) is 2.11. The van der Waals surface area contributed by atoms with Gasteiger partial charge in [-0.15, -0.1) is 0 Å². The first-order chi connectivity index (χ1) is 3.39. The molecule has 1 aromatic rings. The first kappa shape index (κ1) is 17.1. The normalized spacial score (nSPS) is 6.00. The third-order valence-electron chi connectivity index (χ3n) is 0.743. The van der Waals surface area contributed by atoms with E-state index in [2.05, 4.69) is 16.0 Å². The molecule has 0 aliphatic heterocycles. The van der Waals surface area contributed by atoms with Crippen LogP contribution in [-0.2, 0) is 17.1 Å². The van der Waals surface area contributed by atoms with E-state index in [0.29, 0.717) is 0 Å². The molecule has 0 saturated heterocycles. The molecule has 2 radical (unpaired) electrons. The third kappa shape index (κ3) is 6.97. The number of hydrogen-bond donors (Lipinski definition) is 0. The van der Waals surface area contributed by atoms with Gasteiger partial charge in [-0.2, -0.15) is 0 Å². The summed E-state index contributed by atoms with van der Waals surface area (Å²) in [6.07, 6.45) is 0. The number of rotatable bonds is 0. The summed E-state index contributed by atoms with van der Waals surface area (Å²) < 4.78 is 1.20. The fourth-order valence-electron chi connectivity index (χ4n) is 0.420. The van der Waals surface area contributed by atoms with Crippen LogP contribution in [0.3, 0.4) is 0 Å². The molecule has 0 fully saturated rings. The van der Waals surface area contributed by atoms with E-state index in [4.69, 9.17) is 0 Å². The van der Waals surface area contributed by atoms with Gasteiger partial charge in [0.2, 0.25) is 0 Å². The molecule has 0 saturated carbocycles. The average Bonchev–Trinajstić information content (AvgIpc) is 1.69. The second-order valence-electron chi connectivity index (χ2n) is 1.31. The maximum absolute atomic E-state index is 2.90. The molecule has 1 rings (SSSR count). The minimum absolute atomic E-state index is 0. The predicted octanol–water partition coefficient (Wildman–Crippen LogP) is 0.547. The van der Waals surface area contributed by atoms with Crippen LogP contribution in [0.5, 0.6) is 0 Å². The molecule has 10 heavy (non-hydrogen) atoms. The summed E-state index contributed by atoms with van der Waals surface area (Å²) >= 11 is 2.90. The summed E-state index contributed by atoms with van der Waals surface area (Å²) in [7, 11) is 0. The monoisotopic (exact) mass is 242 g/mol. The quantitative estimate of drug-likeness (QED) is 0.460. The third-order valence-corrected chi connectivity index (χ3v) is 1.31. The zero-order valence-electron chi connectivity index (χ0n) is 6.10. The summed E-state index contributed by atoms with van der Waals surface area (Å²) in [4.78, 5) is 0. The molecule has 0 unspecified atom stereocenters. The van der Waals surface area contributed by atoms with Crippen molar-refractivity contribution in [2.24, 2.45) is 0 Å². The van der Waals surface area contributed by atoms with Gasteiger partial charge >= 0.3 is 67.9 Å². The molecular formula is C7H8CuLiSe. The van der Waals surface area contributed by atoms with Gasteiger partial charge in [0.15, 0.2) is 0 Å². The topological polar surface area (TPSA) is 0 Å². The molecule has 1 aromatic carbocycles. The second kappa shape index (κ2) is 9.86. The Balaban J connectivity index is -0.000000163. The van der Waals surface area contributed by atoms with Gasteiger partial charge in [0, 0.05) is 18.9 Å². The molecule has 0 spiro atoms. The molecule has 54 valence electrons. The molecule has 0 N–H and O–H groups in total. The van der Waals surface area contributed by atoms with Crippen LogP contribution in [0, 0.1) is 7.43 Å². The molecular weight excluding hydrogens is 234 g/mol. The standard InChI is InChI=1S/C6H5Se.CH3.Cu.Li/c7-6-4-2-1-3-5-6;;;/h1-5H;1H3;;/q;-1;+1;. The van der Waals surface area contributed by atoms with Gasteiger partial charge < -0.3 is 7.43 Å². The van der Waals surface area contributed by atoms with E-state index in [1.165, 1.54) is 4.46 Å². The van der Waals surface area contributed by atoms with Crippen LogP contribution in [0.15, 0.2) is 30.3 Å². The molecule has 3 heteroatoms. The molecule has 0 heterocycles. The van der Waals surface area contributed by atoms with Crippen LogP contribution in [0.25, 0.3) is 0 Å². The van der Waals surface area contributed by atoms with Gasteiger partial charge in [0.25, 0.3) is 0 Å². The Kier molecular flexibility index (Phi) is 16.8. The molecule has 0 amide bonds. The minimum atomic E-state index is 0. The fraction of sp³-hybridized carbons (Fsp3) is 0. The second-order valence-corrected chi connectivity index (χ2v) is 2.30. The van der Waals surface area contributed by atoms with Crippen LogP contribution >= 0.6 is 0 Å². The van der Waals surface area contributed by atoms with Crippen LogP contribution in [0.1, 0.15) is 0 Å². The molecule has 0 aliphatic rings. The van der Waals surface area contributed by atoms with Crippen LogP contribution < -0.4 is 4.46 Å². The van der Waals surface area contributed by atoms with E-state index < -0.39 is 0 Å². The van der Waals surface area contributed by atoms with Crippen molar-refractivity contribution in [3.8, 4) is 0 Å². The average molecular weight is 242 g/mol. The summed E-state index contributed by atoms with van der Waals surface area (Å²) in [5.41, 5.74) is 0. The van der Waals surface area contributed by atoms with Crippen molar-refractivity contribution in [3.63, 3.8) is 0 Å². The summed E-state index contributed by atoms with van der Waals surface area (Å²) in [6, 6.07) is 10.1. The van der Waals surface area contributed by atoms with Gasteiger partial charge in [-0.1, -0.05) is 0 Å². The summed E-state index contributed by atoms with van der Waals surface area (Å²) in [5, 5.41) is 0. The van der Waals surface area contributed by atoms with Gasteiger partial charge in [-0.3, -0.25) is 0 Å². The van der Waals surface area contributed by atoms with E-state index in [-0.39, 0.29) is 43.4 Å². The Morgan fingerprint density at radius 3 is 1.60 bits per heavy atom. The summed E-state index contributed by atoms with van der Waals surface area (Å²) in [6.45, 7) is 0. The van der Waals surface area contributed by atoms with Crippen LogP contribution in [0.4, 0.5) is 0 Å². The fourth-order valence-corrected chi connectivity index (χ4v) is 0.750. The molecule has 0 bridgehead atoms. The Bertz CT molecular complexity index is 144. The number of benzene rings is 1. The van der Waals surface area contributed by atoms with Gasteiger partial charge in [-0.05, 0) is 0 Å². The van der Waals surface area contributed by atoms with Crippen molar-refractivity contribution in [2.75, 3.05) is 0 Å². The predicted molar refractivity (Wildman–Crippen MR) is 44.0 cm³/mol. The zero-order chi connectivity index (χ0) is 5.11. The number of hydrogen-bond acceptors (Lipinski definition) is 0. The molecule has 0 aliphatic carbocycles. The van der Waals surface area contributed by atoms with E-state index in [0.717, 1.165) is 0 Å². The van der Waals surface area contributed by atoms with Crippen molar-refractivity contribution >= 4 is 39.3 Å². The van der Waals surface area contributed by atoms with Crippen molar-refractivity contribution in [1.82, 2.24) is 0 Å². The van der Waals surface area contributed by atoms with Crippen LogP contribution in [0.2, 0.25) is 0 Å². The van der Waals surface area contributed by atoms with Crippen molar-refractivity contribution < 1.29 is 17.1 Å². The van der Waals surface area contributed by atoms with E-state index >= 15 is 0 Å². The SMILES string of the molecule is [CH3-].[Cu+].[Li].[Se]c1ccccc1. The van der Waals surface area contributed by atoms with E-state index in [1.807, 2.05) is 30.3 Å². The summed E-state index contributed by atoms with van der Waals surface area (Å²) in [5.74, 6) is 0. The zero-order valence-corrected chi connectivity index (χ0v) is 8.75. The molecule has 0 aromatic heterocycles. The Morgan fingerprint density at radius 1 is 1.00 bits per heavy atom. The maximum atomic E-state index is 2.90. The van der Waals surface area contributed by atoms with Gasteiger partial charge in [0.05, 0.1) is 0 Å².